The number of nitrogens with one attached hydrogen (secondary N) is 1. The van der Waals surface area contributed by atoms with E-state index in [1.165, 1.54) is 18.2 Å². The summed E-state index contributed by atoms with van der Waals surface area (Å²) in [7, 11) is 0. The predicted molar refractivity (Wildman–Crippen MR) is 49.2 cm³/mol. The summed E-state index contributed by atoms with van der Waals surface area (Å²) in [6.45, 7) is -1.36. The smallest absolute Gasteiger partial charge is 0.304 e. The lowest BCUT2D eigenvalue weighted by Gasteiger charge is -2.09. The average molecular weight is 242 g/mol. The van der Waals surface area contributed by atoms with Crippen molar-refractivity contribution in [3.05, 3.63) is 34.6 Å². The molecule has 0 unspecified atom stereocenters. The van der Waals surface area contributed by atoms with E-state index in [-0.39, 0.29) is 17.1 Å². The molecule has 0 amide bonds. The van der Waals surface area contributed by atoms with Crippen LogP contribution in [-0.4, -0.2) is 12.7 Å². The Morgan fingerprint density at radius 1 is 1.27 bits per heavy atom. The van der Waals surface area contributed by atoms with Crippen LogP contribution in [0.1, 0.15) is 5.56 Å². The molecule has 0 heterocycles. The molecule has 1 nitrogen and oxygen atoms in total. The second kappa shape index (κ2) is 4.81. The van der Waals surface area contributed by atoms with Crippen LogP contribution in [0.4, 0.5) is 17.6 Å². The first-order valence-corrected chi connectivity index (χ1v) is 4.48. The molecule has 1 N–H and O–H groups in total. The Balaban J connectivity index is 2.55. The second-order valence-electron chi connectivity index (χ2n) is 2.93. The molecule has 0 aliphatic heterocycles. The summed E-state index contributed by atoms with van der Waals surface area (Å²) < 4.78 is 48.4. The number of hydrogen-bond donors (Lipinski definition) is 1. The minimum absolute atomic E-state index is 0.0960. The molecule has 0 aromatic heterocycles. The van der Waals surface area contributed by atoms with Crippen molar-refractivity contribution in [2.45, 2.75) is 12.7 Å². The Morgan fingerprint density at radius 3 is 2.53 bits per heavy atom. The van der Waals surface area contributed by atoms with Crippen LogP contribution in [0, 0.1) is 5.82 Å². The van der Waals surface area contributed by atoms with Gasteiger partial charge < -0.3 is 5.32 Å². The highest BCUT2D eigenvalue weighted by atomic mass is 35.5. The van der Waals surface area contributed by atoms with Crippen molar-refractivity contribution in [3.63, 3.8) is 0 Å². The van der Waals surface area contributed by atoms with E-state index >= 15 is 0 Å². The molecule has 0 fully saturated rings. The first kappa shape index (κ1) is 12.3. The Bertz CT molecular complexity index is 337. The third-order valence-corrected chi connectivity index (χ3v) is 1.96. The van der Waals surface area contributed by atoms with Crippen LogP contribution >= 0.6 is 11.6 Å². The maximum atomic E-state index is 13.2. The topological polar surface area (TPSA) is 12.0 Å². The molecule has 84 valence electrons. The van der Waals surface area contributed by atoms with E-state index < -0.39 is 18.5 Å². The maximum Gasteiger partial charge on any atom is 0.401 e. The van der Waals surface area contributed by atoms with Gasteiger partial charge in [0.05, 0.1) is 11.6 Å². The van der Waals surface area contributed by atoms with Gasteiger partial charge in [0.15, 0.2) is 0 Å². The highest BCUT2D eigenvalue weighted by Crippen LogP contribution is 2.18. The number of rotatable bonds is 3. The van der Waals surface area contributed by atoms with E-state index in [4.69, 9.17) is 11.6 Å². The van der Waals surface area contributed by atoms with Crippen LogP contribution in [0.5, 0.6) is 0 Å². The molecule has 6 heteroatoms. The average Bonchev–Trinajstić information content (AvgIpc) is 2.10. The quantitative estimate of drug-likeness (QED) is 0.802. The maximum absolute atomic E-state index is 13.2. The molecule has 0 bridgehead atoms. The summed E-state index contributed by atoms with van der Waals surface area (Å²) in [6, 6.07) is 4.20. The summed E-state index contributed by atoms with van der Waals surface area (Å²) in [5.74, 6) is -0.686. The standard InChI is InChI=1S/C9H8ClF4N/c10-7-3-1-2-6(8(7)11)4-15-5-9(12,13)14/h1-3,15H,4-5H2. The molecule has 0 saturated heterocycles. The molecule has 0 atom stereocenters. The van der Waals surface area contributed by atoms with Gasteiger partial charge in [-0.3, -0.25) is 0 Å². The molecule has 15 heavy (non-hydrogen) atoms. The molecular weight excluding hydrogens is 234 g/mol. The van der Waals surface area contributed by atoms with Gasteiger partial charge in [-0.1, -0.05) is 23.7 Å². The molecule has 0 aliphatic carbocycles. The van der Waals surface area contributed by atoms with Crippen molar-refractivity contribution in [2.75, 3.05) is 6.54 Å². The van der Waals surface area contributed by atoms with Gasteiger partial charge in [0, 0.05) is 12.1 Å². The summed E-state index contributed by atoms with van der Waals surface area (Å²) in [4.78, 5) is 0. The molecule has 0 saturated carbocycles. The molecule has 0 radical (unpaired) electrons. The first-order valence-electron chi connectivity index (χ1n) is 4.10. The fourth-order valence-corrected chi connectivity index (χ4v) is 1.22. The monoisotopic (exact) mass is 241 g/mol. The van der Waals surface area contributed by atoms with Crippen molar-refractivity contribution >= 4 is 11.6 Å². The minimum Gasteiger partial charge on any atom is -0.304 e. The van der Waals surface area contributed by atoms with Crippen molar-refractivity contribution in [3.8, 4) is 0 Å². The van der Waals surface area contributed by atoms with Crippen LogP contribution < -0.4 is 5.32 Å². The number of hydrogen-bond acceptors (Lipinski definition) is 1. The van der Waals surface area contributed by atoms with Crippen molar-refractivity contribution in [1.82, 2.24) is 5.32 Å². The van der Waals surface area contributed by atoms with Gasteiger partial charge in [-0.05, 0) is 6.07 Å². The highest BCUT2D eigenvalue weighted by Gasteiger charge is 2.26. The zero-order valence-corrected chi connectivity index (χ0v) is 8.29. The third kappa shape index (κ3) is 4.05. The van der Waals surface area contributed by atoms with E-state index in [9.17, 15) is 17.6 Å². The van der Waals surface area contributed by atoms with E-state index in [1.54, 1.807) is 0 Å². The number of benzene rings is 1. The molecule has 1 aromatic carbocycles. The SMILES string of the molecule is Fc1c(Cl)cccc1CNCC(F)(F)F. The van der Waals surface area contributed by atoms with Crippen molar-refractivity contribution in [1.29, 1.82) is 0 Å². The lowest BCUT2D eigenvalue weighted by atomic mass is 10.2. The normalized spacial score (nSPS) is 11.8. The van der Waals surface area contributed by atoms with Crippen LogP contribution in [0.3, 0.4) is 0 Å². The lowest BCUT2D eigenvalue weighted by molar-refractivity contribution is -0.125. The van der Waals surface area contributed by atoms with Crippen molar-refractivity contribution in [2.24, 2.45) is 0 Å². The van der Waals surface area contributed by atoms with Gasteiger partial charge >= 0.3 is 6.18 Å². The van der Waals surface area contributed by atoms with Gasteiger partial charge in [-0.15, -0.1) is 0 Å². The van der Waals surface area contributed by atoms with E-state index in [2.05, 4.69) is 5.32 Å². The van der Waals surface area contributed by atoms with Crippen LogP contribution in [-0.2, 0) is 6.54 Å². The predicted octanol–water partition coefficient (Wildman–Crippen LogP) is 3.13. The first-order chi connectivity index (χ1) is 6.90. The van der Waals surface area contributed by atoms with E-state index in [0.29, 0.717) is 0 Å². The van der Waals surface area contributed by atoms with Crippen molar-refractivity contribution < 1.29 is 17.6 Å². The van der Waals surface area contributed by atoms with E-state index in [1.807, 2.05) is 0 Å². The molecular formula is C9H8ClF4N. The van der Waals surface area contributed by atoms with Crippen LogP contribution in [0.2, 0.25) is 5.02 Å². The van der Waals surface area contributed by atoms with Gasteiger partial charge in [0.25, 0.3) is 0 Å². The zero-order chi connectivity index (χ0) is 11.5. The van der Waals surface area contributed by atoms with Crippen LogP contribution in [0.25, 0.3) is 0 Å². The summed E-state index contributed by atoms with van der Waals surface area (Å²) >= 11 is 5.46. The largest absolute Gasteiger partial charge is 0.401 e. The molecule has 0 spiro atoms. The number of halogens is 5. The molecule has 1 rings (SSSR count). The molecule has 0 aliphatic rings. The van der Waals surface area contributed by atoms with Gasteiger partial charge in [-0.25, -0.2) is 4.39 Å². The highest BCUT2D eigenvalue weighted by molar-refractivity contribution is 6.30. The Morgan fingerprint density at radius 2 is 1.93 bits per heavy atom. The Labute approximate surface area is 89.0 Å². The second-order valence-corrected chi connectivity index (χ2v) is 3.34. The summed E-state index contributed by atoms with van der Waals surface area (Å²) in [6.07, 6.45) is -4.30. The Hall–Kier alpha value is -0.810. The summed E-state index contributed by atoms with van der Waals surface area (Å²) in [5, 5.41) is 1.99. The van der Waals surface area contributed by atoms with E-state index in [0.717, 1.165) is 0 Å². The van der Waals surface area contributed by atoms with Crippen LogP contribution in [0.15, 0.2) is 18.2 Å². The molecule has 1 aromatic rings. The fourth-order valence-electron chi connectivity index (χ4n) is 1.02. The number of alkyl halides is 3. The fraction of sp³-hybridized carbons (Fsp3) is 0.333. The van der Waals surface area contributed by atoms with Gasteiger partial charge in [0.2, 0.25) is 0 Å². The minimum atomic E-state index is -4.30. The van der Waals surface area contributed by atoms with Gasteiger partial charge in [-0.2, -0.15) is 13.2 Å². The van der Waals surface area contributed by atoms with Gasteiger partial charge in [0.1, 0.15) is 5.82 Å². The lowest BCUT2D eigenvalue weighted by Crippen LogP contribution is -2.28. The zero-order valence-electron chi connectivity index (χ0n) is 7.54. The summed E-state index contributed by atoms with van der Waals surface area (Å²) in [5.41, 5.74) is 0.117. The third-order valence-electron chi connectivity index (χ3n) is 1.67. The Kier molecular flexibility index (Phi) is 3.93.